The zero-order valence-electron chi connectivity index (χ0n) is 25.1. The van der Waals surface area contributed by atoms with Crippen LogP contribution in [0.5, 0.6) is 0 Å². The van der Waals surface area contributed by atoms with Crippen molar-refractivity contribution in [3.8, 4) is 0 Å². The van der Waals surface area contributed by atoms with Crippen molar-refractivity contribution in [2.45, 2.75) is 103 Å². The van der Waals surface area contributed by atoms with Crippen molar-refractivity contribution < 1.29 is 187 Å². The molecule has 0 bridgehead atoms. The zero-order chi connectivity index (χ0) is 49.6. The lowest BCUT2D eigenvalue weighted by Gasteiger charge is -2.44. The molecular formula is C18F36O6. The molecule has 0 aromatic rings. The molecule has 0 N–H and O–H groups in total. The summed E-state index contributed by atoms with van der Waals surface area (Å²) in [6.45, 7) is 0. The van der Waals surface area contributed by atoms with Gasteiger partial charge in [-0.1, -0.05) is 0 Å². The molecule has 0 aromatic carbocycles. The first kappa shape index (κ1) is 57.0. The highest BCUT2D eigenvalue weighted by molar-refractivity contribution is 5.77. The summed E-state index contributed by atoms with van der Waals surface area (Å²) in [6.07, 6.45) is -98.7. The minimum Gasteiger partial charge on any atom is -0.263 e. The SMILES string of the molecule is O=C(F)[C@@](F)(OC(F)(F)[C@](F)(OC(F)(F)[C@](F)(OC(F)(F)[C@](F)(OC(F)(F)[C@](F)(OC(F)(F)C(F)(F)C(F)(F)F)C(F)(F)F)C(F)(F)F)C(F)(F)F)C(F)(F)F)C(F)(F)F. The molecule has 0 spiro atoms. The Morgan fingerprint density at radius 2 is 0.433 bits per heavy atom. The highest BCUT2D eigenvalue weighted by Crippen LogP contribution is 2.62. The molecule has 0 fully saturated rings. The van der Waals surface area contributed by atoms with Crippen molar-refractivity contribution in [3.05, 3.63) is 0 Å². The Morgan fingerprint density at radius 3 is 0.583 bits per heavy atom. The molecule has 0 radical (unpaired) electrons. The molecule has 0 heterocycles. The number of hydrogen-bond acceptors (Lipinski definition) is 6. The molecule has 360 valence electrons. The van der Waals surface area contributed by atoms with Gasteiger partial charge in [-0.15, -0.1) is 0 Å². The van der Waals surface area contributed by atoms with Crippen LogP contribution in [0.25, 0.3) is 0 Å². The maximum absolute atomic E-state index is 14.5. The highest BCUT2D eigenvalue weighted by Gasteiger charge is 2.91. The Morgan fingerprint density at radius 1 is 0.250 bits per heavy atom. The number of carbonyl (C=O) groups excluding carboxylic acids is 1. The summed E-state index contributed by atoms with van der Waals surface area (Å²) < 4.78 is 483. The van der Waals surface area contributed by atoms with Gasteiger partial charge in [0, 0.05) is 0 Å². The van der Waals surface area contributed by atoms with Gasteiger partial charge in [-0.25, -0.2) is 0 Å². The summed E-state index contributed by atoms with van der Waals surface area (Å²) in [5.41, 5.74) is 0. The normalized spacial score (nSPS) is 20.7. The van der Waals surface area contributed by atoms with E-state index in [0.29, 0.717) is 9.47 Å². The van der Waals surface area contributed by atoms with Crippen molar-refractivity contribution in [2.24, 2.45) is 0 Å². The van der Waals surface area contributed by atoms with Crippen LogP contribution in [-0.4, -0.2) is 109 Å². The van der Waals surface area contributed by atoms with E-state index < -0.39 is 109 Å². The van der Waals surface area contributed by atoms with Crippen LogP contribution in [0.15, 0.2) is 0 Å². The molecule has 5 atom stereocenters. The first-order valence-corrected chi connectivity index (χ1v) is 12.0. The Balaban J connectivity index is 8.02. The molecule has 6 nitrogen and oxygen atoms in total. The van der Waals surface area contributed by atoms with E-state index in [1.807, 2.05) is 0 Å². The molecule has 60 heavy (non-hydrogen) atoms. The van der Waals surface area contributed by atoms with E-state index in [9.17, 15) is 163 Å². The minimum atomic E-state index is -9.64. The van der Waals surface area contributed by atoms with E-state index in [1.165, 1.54) is 0 Å². The number of hydrogen-bond donors (Lipinski definition) is 0. The van der Waals surface area contributed by atoms with Crippen LogP contribution in [-0.2, 0) is 28.5 Å². The van der Waals surface area contributed by atoms with Crippen molar-refractivity contribution in [2.75, 3.05) is 0 Å². The molecule has 0 unspecified atom stereocenters. The molecule has 0 aliphatic carbocycles. The van der Waals surface area contributed by atoms with Gasteiger partial charge in [0.1, 0.15) is 0 Å². The lowest BCUT2D eigenvalue weighted by molar-refractivity contribution is -0.600. The van der Waals surface area contributed by atoms with Crippen molar-refractivity contribution >= 4 is 6.04 Å². The third kappa shape index (κ3) is 9.19. The fourth-order valence-corrected chi connectivity index (χ4v) is 2.71. The lowest BCUT2D eigenvalue weighted by Crippen LogP contribution is -2.73. The topological polar surface area (TPSA) is 63.2 Å². The van der Waals surface area contributed by atoms with Crippen molar-refractivity contribution in [3.63, 3.8) is 0 Å². The zero-order valence-corrected chi connectivity index (χ0v) is 25.1. The third-order valence-corrected chi connectivity index (χ3v) is 5.64. The molecule has 0 aromatic heterocycles. The Bertz CT molecular complexity index is 1530. The molecule has 0 aliphatic rings. The summed E-state index contributed by atoms with van der Waals surface area (Å²) in [6, 6.07) is -5.29. The maximum Gasteiger partial charge on any atom is 0.462 e. The van der Waals surface area contributed by atoms with Gasteiger partial charge >= 0.3 is 109 Å². The predicted molar refractivity (Wildman–Crippen MR) is 96.7 cm³/mol. The van der Waals surface area contributed by atoms with Crippen LogP contribution in [0.3, 0.4) is 0 Å². The molecule has 0 saturated carbocycles. The predicted octanol–water partition coefficient (Wildman–Crippen LogP) is 10.9. The van der Waals surface area contributed by atoms with E-state index in [0.717, 1.165) is 14.2 Å². The van der Waals surface area contributed by atoms with E-state index >= 15 is 0 Å². The quantitative estimate of drug-likeness (QED) is 0.113. The van der Waals surface area contributed by atoms with Gasteiger partial charge in [0.25, 0.3) is 0 Å². The second kappa shape index (κ2) is 14.8. The fourth-order valence-electron chi connectivity index (χ4n) is 2.71. The van der Waals surface area contributed by atoms with Crippen LogP contribution in [0.4, 0.5) is 158 Å². The first-order valence-electron chi connectivity index (χ1n) is 12.0. The van der Waals surface area contributed by atoms with Gasteiger partial charge in [-0.3, -0.25) is 28.5 Å². The summed E-state index contributed by atoms with van der Waals surface area (Å²) in [5, 5.41) is 0. The van der Waals surface area contributed by atoms with Crippen molar-refractivity contribution in [1.82, 2.24) is 0 Å². The van der Waals surface area contributed by atoms with Gasteiger partial charge in [-0.05, 0) is 0 Å². The molecule has 0 aliphatic heterocycles. The number of ether oxygens (including phenoxy) is 5. The van der Waals surface area contributed by atoms with Gasteiger partial charge in [0.2, 0.25) is 0 Å². The monoisotopic (exact) mass is 996 g/mol. The van der Waals surface area contributed by atoms with Gasteiger partial charge in [0.15, 0.2) is 0 Å². The first-order chi connectivity index (χ1) is 25.2. The summed E-state index contributed by atoms with van der Waals surface area (Å²) in [4.78, 5) is 10.1. The van der Waals surface area contributed by atoms with Gasteiger partial charge in [0.05, 0.1) is 0 Å². The largest absolute Gasteiger partial charge is 0.462 e. The Labute approximate surface area is 297 Å². The van der Waals surface area contributed by atoms with E-state index in [-0.39, 0.29) is 0 Å². The minimum absolute atomic E-state index is 0.652. The van der Waals surface area contributed by atoms with Crippen LogP contribution in [0, 0.1) is 0 Å². The van der Waals surface area contributed by atoms with Crippen LogP contribution in [0.1, 0.15) is 0 Å². The summed E-state index contributed by atoms with van der Waals surface area (Å²) >= 11 is 0. The Kier molecular flexibility index (Phi) is 14.0. The van der Waals surface area contributed by atoms with E-state index in [1.54, 1.807) is 0 Å². The molecular weight excluding hydrogens is 996 g/mol. The van der Waals surface area contributed by atoms with Crippen LogP contribution in [0.2, 0.25) is 0 Å². The standard InChI is InChI=1S/C18F36O6/c19-1(55)2(20,8(27,28)29)56-15(47,48)4(23,10(33,34)35)58-17(51,52)6(25,12(39,40)41)60-18(53,54)7(26,13(42,43)44)59-16(49,50)5(24,11(36,37)38)57-14(45,46)3(21,22)9(30,31)32/t2-,4-,5-,6-,7-/m1/s1. The smallest absolute Gasteiger partial charge is 0.263 e. The van der Waals surface area contributed by atoms with Crippen molar-refractivity contribution in [1.29, 1.82) is 0 Å². The molecule has 0 saturated heterocycles. The number of halogens is 36. The van der Waals surface area contributed by atoms with Crippen LogP contribution < -0.4 is 0 Å². The Hall–Kier alpha value is -3.05. The second-order valence-electron chi connectivity index (χ2n) is 9.91. The third-order valence-electron chi connectivity index (χ3n) is 5.64. The highest BCUT2D eigenvalue weighted by atomic mass is 19.5. The van der Waals surface area contributed by atoms with Gasteiger partial charge < -0.3 is 0 Å². The number of carbonyl (C=O) groups is 1. The number of rotatable bonds is 16. The summed E-state index contributed by atoms with van der Waals surface area (Å²) in [7, 11) is 0. The second-order valence-corrected chi connectivity index (χ2v) is 9.91. The van der Waals surface area contributed by atoms with E-state index in [2.05, 4.69) is 0 Å². The average molecular weight is 996 g/mol. The average Bonchev–Trinajstić information content (AvgIpc) is 2.91. The number of alkyl halides is 35. The maximum atomic E-state index is 14.5. The van der Waals surface area contributed by atoms with Crippen LogP contribution >= 0.6 is 0 Å². The molecule has 0 amide bonds. The molecule has 42 heteroatoms. The lowest BCUT2D eigenvalue weighted by atomic mass is 10.2. The van der Waals surface area contributed by atoms with E-state index in [4.69, 9.17) is 0 Å². The summed E-state index contributed by atoms with van der Waals surface area (Å²) in [5.74, 6) is -54.2. The molecule has 0 rings (SSSR count). The fraction of sp³-hybridized carbons (Fsp3) is 0.944. The van der Waals surface area contributed by atoms with Gasteiger partial charge in [-0.2, -0.15) is 158 Å².